The fourth-order valence-corrected chi connectivity index (χ4v) is 6.13. The number of aryl methyl sites for hydroxylation is 1. The number of halogens is 1. The summed E-state index contributed by atoms with van der Waals surface area (Å²) in [4.78, 5) is 33.8. The fourth-order valence-electron chi connectivity index (χ4n) is 6.13. The summed E-state index contributed by atoms with van der Waals surface area (Å²) in [6.45, 7) is 6.19. The first-order valence-electron chi connectivity index (χ1n) is 13.5. The zero-order chi connectivity index (χ0) is 25.1. The van der Waals surface area contributed by atoms with Crippen molar-refractivity contribution in [3.05, 3.63) is 52.1 Å². The van der Waals surface area contributed by atoms with Gasteiger partial charge in [-0.15, -0.1) is 12.4 Å². The number of likely N-dealkylation sites (N-methyl/N-ethyl adjacent to an activating group) is 1. The zero-order valence-corrected chi connectivity index (χ0v) is 22.5. The molecule has 1 atom stereocenters. The van der Waals surface area contributed by atoms with E-state index in [2.05, 4.69) is 39.6 Å². The minimum Gasteiger partial charge on any atom is -0.328 e. The summed E-state index contributed by atoms with van der Waals surface area (Å²) in [5.41, 5.74) is 9.26. The van der Waals surface area contributed by atoms with Crippen molar-refractivity contribution in [3.63, 3.8) is 0 Å². The lowest BCUT2D eigenvalue weighted by Gasteiger charge is -2.42. The Bertz CT molecular complexity index is 1130. The van der Waals surface area contributed by atoms with Crippen LogP contribution in [0.1, 0.15) is 50.2 Å². The number of hydrogen-bond acceptors (Lipinski definition) is 6. The fraction of sp³-hybridized carbons (Fsp3) is 0.593. The molecule has 1 aromatic heterocycles. The largest absolute Gasteiger partial charge is 0.354 e. The molecule has 1 aromatic carbocycles. The van der Waals surface area contributed by atoms with Gasteiger partial charge < -0.3 is 16.0 Å². The molecule has 10 heteroatoms. The number of anilines is 1. The van der Waals surface area contributed by atoms with Gasteiger partial charge in [0.15, 0.2) is 0 Å². The van der Waals surface area contributed by atoms with Gasteiger partial charge in [0.2, 0.25) is 0 Å². The molecule has 0 spiro atoms. The number of benzene rings is 1. The van der Waals surface area contributed by atoms with Gasteiger partial charge >= 0.3 is 11.7 Å². The SMILES string of the molecule is CCN(C1CCc2cc(-n3ccc(NC(=O)N4CCNCC4)nc3=O)ccc2C1)[C@H]1CC[C@H](N)CC1.Cl. The lowest BCUT2D eigenvalue weighted by atomic mass is 9.84. The summed E-state index contributed by atoms with van der Waals surface area (Å²) >= 11 is 0. The number of urea groups is 1. The quantitative estimate of drug-likeness (QED) is 0.549. The van der Waals surface area contributed by atoms with Crippen LogP contribution in [0.15, 0.2) is 35.3 Å². The van der Waals surface area contributed by atoms with Crippen LogP contribution in [0.4, 0.5) is 10.6 Å². The van der Waals surface area contributed by atoms with Crippen molar-refractivity contribution in [2.75, 3.05) is 38.0 Å². The minimum atomic E-state index is -0.394. The third kappa shape index (κ3) is 6.34. The second-order valence-corrected chi connectivity index (χ2v) is 10.4. The van der Waals surface area contributed by atoms with Gasteiger partial charge in [0.25, 0.3) is 0 Å². The predicted molar refractivity (Wildman–Crippen MR) is 149 cm³/mol. The van der Waals surface area contributed by atoms with Gasteiger partial charge in [-0.3, -0.25) is 14.8 Å². The molecule has 1 unspecified atom stereocenters. The number of amides is 2. The van der Waals surface area contributed by atoms with Gasteiger partial charge in [-0.2, -0.15) is 4.98 Å². The van der Waals surface area contributed by atoms with Crippen LogP contribution < -0.4 is 22.1 Å². The van der Waals surface area contributed by atoms with Crippen LogP contribution in [0, 0.1) is 0 Å². The number of hydrogen-bond donors (Lipinski definition) is 3. The molecule has 1 saturated carbocycles. The number of fused-ring (bicyclic) bond motifs is 1. The number of piperazine rings is 1. The third-order valence-corrected chi connectivity index (χ3v) is 8.16. The highest BCUT2D eigenvalue weighted by Gasteiger charge is 2.31. The number of aromatic nitrogens is 2. The first-order chi connectivity index (χ1) is 17.5. The van der Waals surface area contributed by atoms with Crippen molar-refractivity contribution >= 4 is 24.3 Å². The summed E-state index contributed by atoms with van der Waals surface area (Å²) < 4.78 is 1.55. The standard InChI is InChI=1S/C27H39N7O2.ClH/c1-2-33(22-9-5-21(28)6-10-22)23-7-3-20-18-24(8-4-19(20)17-23)34-14-11-25(31-27(34)36)30-26(35)32-15-12-29-13-16-32;/h4,8,11,14,18,21-23,29H,2-3,5-7,9-10,12-13,15-17,28H2,1H3,(H,30,31,35,36);1H/t21-,22-,23?;. The molecule has 0 bridgehead atoms. The van der Waals surface area contributed by atoms with Crippen molar-refractivity contribution in [2.24, 2.45) is 5.73 Å². The lowest BCUT2D eigenvalue weighted by Crippen LogP contribution is -2.48. The van der Waals surface area contributed by atoms with Gasteiger partial charge in [0.1, 0.15) is 5.82 Å². The Kier molecular flexibility index (Phi) is 9.23. The maximum absolute atomic E-state index is 12.8. The van der Waals surface area contributed by atoms with Gasteiger partial charge in [0.05, 0.1) is 5.69 Å². The lowest BCUT2D eigenvalue weighted by molar-refractivity contribution is 0.0970. The Hall–Kier alpha value is -2.46. The Labute approximate surface area is 225 Å². The first-order valence-corrected chi connectivity index (χ1v) is 13.5. The van der Waals surface area contributed by atoms with E-state index in [1.54, 1.807) is 21.7 Å². The molecule has 2 amide bonds. The smallest absolute Gasteiger partial charge is 0.328 e. The number of carbonyl (C=O) groups excluding carboxylic acids is 1. The average molecular weight is 530 g/mol. The predicted octanol–water partition coefficient (Wildman–Crippen LogP) is 2.54. The van der Waals surface area contributed by atoms with Crippen LogP contribution in [0.25, 0.3) is 5.69 Å². The number of nitrogens with zero attached hydrogens (tertiary/aromatic N) is 4. The molecule has 4 N–H and O–H groups in total. The monoisotopic (exact) mass is 529 g/mol. The van der Waals surface area contributed by atoms with Crippen LogP contribution in [-0.4, -0.2) is 76.2 Å². The highest BCUT2D eigenvalue weighted by atomic mass is 35.5. The van der Waals surface area contributed by atoms with Crippen LogP contribution in [0.5, 0.6) is 0 Å². The summed E-state index contributed by atoms with van der Waals surface area (Å²) in [6.07, 6.45) is 9.58. The number of carbonyl (C=O) groups is 1. The van der Waals surface area contributed by atoms with Crippen molar-refractivity contribution in [2.45, 2.75) is 70.0 Å². The number of rotatable bonds is 5. The third-order valence-electron chi connectivity index (χ3n) is 8.16. The summed E-state index contributed by atoms with van der Waals surface area (Å²) in [5, 5.41) is 5.97. The highest BCUT2D eigenvalue weighted by Crippen LogP contribution is 2.31. The van der Waals surface area contributed by atoms with Crippen LogP contribution >= 0.6 is 12.4 Å². The van der Waals surface area contributed by atoms with Crippen LogP contribution in [-0.2, 0) is 12.8 Å². The summed E-state index contributed by atoms with van der Waals surface area (Å²) in [7, 11) is 0. The van der Waals surface area contributed by atoms with Crippen LogP contribution in [0.2, 0.25) is 0 Å². The Morgan fingerprint density at radius 2 is 1.86 bits per heavy atom. The molecular weight excluding hydrogens is 490 g/mol. The molecule has 2 aliphatic carbocycles. The van der Waals surface area contributed by atoms with E-state index in [-0.39, 0.29) is 24.3 Å². The van der Waals surface area contributed by atoms with Gasteiger partial charge in [-0.25, -0.2) is 9.59 Å². The highest BCUT2D eigenvalue weighted by molar-refractivity contribution is 5.88. The van der Waals surface area contributed by atoms with E-state index in [0.717, 1.165) is 57.4 Å². The molecule has 2 heterocycles. The van der Waals surface area contributed by atoms with E-state index in [0.29, 0.717) is 31.2 Å². The topological polar surface area (TPSA) is 109 Å². The van der Waals surface area contributed by atoms with Gasteiger partial charge in [-0.05, 0) is 80.8 Å². The molecule has 2 aromatic rings. The zero-order valence-electron chi connectivity index (χ0n) is 21.7. The number of nitrogens with two attached hydrogens (primary N) is 1. The molecule has 1 aliphatic heterocycles. The molecule has 0 radical (unpaired) electrons. The van der Waals surface area contributed by atoms with E-state index in [1.807, 2.05) is 6.07 Å². The molecule has 5 rings (SSSR count). The van der Waals surface area contributed by atoms with E-state index < -0.39 is 5.69 Å². The molecule has 202 valence electrons. The minimum absolute atomic E-state index is 0. The number of nitrogens with one attached hydrogen (secondary N) is 2. The molecule has 3 aliphatic rings. The van der Waals surface area contributed by atoms with E-state index in [1.165, 1.54) is 24.0 Å². The first kappa shape index (κ1) is 27.6. The van der Waals surface area contributed by atoms with Gasteiger partial charge in [-0.1, -0.05) is 13.0 Å². The second-order valence-electron chi connectivity index (χ2n) is 10.4. The van der Waals surface area contributed by atoms with Crippen LogP contribution in [0.3, 0.4) is 0 Å². The second kappa shape index (κ2) is 12.4. The van der Waals surface area contributed by atoms with Gasteiger partial charge in [0, 0.05) is 50.5 Å². The summed E-state index contributed by atoms with van der Waals surface area (Å²) in [6, 6.07) is 9.37. The maximum Gasteiger partial charge on any atom is 0.354 e. The van der Waals surface area contributed by atoms with Crippen molar-refractivity contribution < 1.29 is 4.79 Å². The molecule has 1 saturated heterocycles. The molecule has 9 nitrogen and oxygen atoms in total. The van der Waals surface area contributed by atoms with Crippen molar-refractivity contribution in [3.8, 4) is 5.69 Å². The van der Waals surface area contributed by atoms with E-state index >= 15 is 0 Å². The molecule has 2 fully saturated rings. The van der Waals surface area contributed by atoms with Crippen molar-refractivity contribution in [1.29, 1.82) is 0 Å². The average Bonchev–Trinajstić information content (AvgIpc) is 2.90. The maximum atomic E-state index is 12.8. The summed E-state index contributed by atoms with van der Waals surface area (Å²) in [5.74, 6) is 0.281. The molecule has 37 heavy (non-hydrogen) atoms. The normalized spacial score (nSPS) is 23.8. The Morgan fingerprint density at radius 3 is 2.57 bits per heavy atom. The molecular formula is C27H40ClN7O2. The van der Waals surface area contributed by atoms with Crippen molar-refractivity contribution in [1.82, 2.24) is 24.7 Å². The Balaban J connectivity index is 0.00000320. The van der Waals surface area contributed by atoms with E-state index in [9.17, 15) is 9.59 Å². The Morgan fingerprint density at radius 1 is 1.11 bits per heavy atom. The van der Waals surface area contributed by atoms with E-state index in [4.69, 9.17) is 5.73 Å².